The molecular formula is C14H13NO2S3. The second-order valence-electron chi connectivity index (χ2n) is 4.28. The summed E-state index contributed by atoms with van der Waals surface area (Å²) in [5, 5.41) is 4.00. The van der Waals surface area contributed by atoms with E-state index in [0.29, 0.717) is 11.6 Å². The van der Waals surface area contributed by atoms with Crippen LogP contribution in [-0.2, 0) is 16.6 Å². The molecular weight excluding hydrogens is 310 g/mol. The van der Waals surface area contributed by atoms with Gasteiger partial charge in [0.1, 0.15) is 5.75 Å². The summed E-state index contributed by atoms with van der Waals surface area (Å²) in [6.07, 6.45) is 1.70. The normalized spacial score (nSPS) is 14.2. The molecule has 3 aromatic rings. The lowest BCUT2D eigenvalue weighted by atomic mass is 10.4. The van der Waals surface area contributed by atoms with E-state index in [4.69, 9.17) is 4.42 Å². The quantitative estimate of drug-likeness (QED) is 0.695. The minimum atomic E-state index is -1.02. The Balaban J connectivity index is 1.70. The maximum atomic E-state index is 12.3. The van der Waals surface area contributed by atoms with Crippen molar-refractivity contribution in [2.75, 3.05) is 0 Å². The molecule has 2 atom stereocenters. The fraction of sp³-hybridized carbons (Fsp3) is 0.214. The fourth-order valence-electron chi connectivity index (χ4n) is 1.81. The van der Waals surface area contributed by atoms with E-state index in [1.165, 1.54) is 0 Å². The monoisotopic (exact) mass is 323 g/mol. The van der Waals surface area contributed by atoms with Crippen LogP contribution in [0.25, 0.3) is 10.6 Å². The molecule has 0 saturated heterocycles. The van der Waals surface area contributed by atoms with E-state index in [0.717, 1.165) is 15.5 Å². The Morgan fingerprint density at radius 3 is 2.80 bits per heavy atom. The largest absolute Gasteiger partial charge is 0.439 e. The first-order valence-electron chi connectivity index (χ1n) is 6.13. The van der Waals surface area contributed by atoms with Crippen LogP contribution < -0.4 is 0 Å². The van der Waals surface area contributed by atoms with Crippen LogP contribution >= 0.6 is 22.7 Å². The predicted molar refractivity (Wildman–Crippen MR) is 84.4 cm³/mol. The van der Waals surface area contributed by atoms with Gasteiger partial charge in [-0.3, -0.25) is 4.21 Å². The molecule has 0 aliphatic heterocycles. The molecule has 0 aliphatic rings. The van der Waals surface area contributed by atoms with E-state index < -0.39 is 10.8 Å². The molecule has 0 aromatic carbocycles. The molecule has 3 rings (SSSR count). The zero-order valence-electron chi connectivity index (χ0n) is 10.8. The maximum absolute atomic E-state index is 12.3. The lowest BCUT2D eigenvalue weighted by Gasteiger charge is -2.07. The van der Waals surface area contributed by atoms with Crippen LogP contribution in [0.2, 0.25) is 0 Å². The number of oxazole rings is 1. The second kappa shape index (κ2) is 6.03. The van der Waals surface area contributed by atoms with E-state index in [9.17, 15) is 4.21 Å². The molecule has 3 heterocycles. The van der Waals surface area contributed by atoms with Crippen molar-refractivity contribution in [1.29, 1.82) is 0 Å². The van der Waals surface area contributed by atoms with Gasteiger partial charge in [0.05, 0.1) is 16.3 Å². The summed E-state index contributed by atoms with van der Waals surface area (Å²) in [4.78, 5) is 6.40. The van der Waals surface area contributed by atoms with Gasteiger partial charge < -0.3 is 4.42 Å². The zero-order chi connectivity index (χ0) is 13.9. The van der Waals surface area contributed by atoms with Gasteiger partial charge in [-0.05, 0) is 29.8 Å². The van der Waals surface area contributed by atoms with Crippen LogP contribution in [0, 0.1) is 0 Å². The number of hydrogen-bond donors (Lipinski definition) is 0. The van der Waals surface area contributed by atoms with Gasteiger partial charge in [0, 0.05) is 15.7 Å². The lowest BCUT2D eigenvalue weighted by Crippen LogP contribution is -2.04. The van der Waals surface area contributed by atoms with Gasteiger partial charge in [-0.2, -0.15) is 0 Å². The molecule has 0 bridgehead atoms. The molecule has 0 spiro atoms. The SMILES string of the molecule is CC(c1cccs1)S(=O)Cc1ncc(-c2cccs2)o1. The highest BCUT2D eigenvalue weighted by atomic mass is 32.2. The van der Waals surface area contributed by atoms with Crippen LogP contribution in [-0.4, -0.2) is 9.19 Å². The van der Waals surface area contributed by atoms with Crippen LogP contribution in [0.15, 0.2) is 45.6 Å². The molecule has 0 fully saturated rings. The van der Waals surface area contributed by atoms with Crippen molar-refractivity contribution in [2.45, 2.75) is 17.9 Å². The molecule has 0 saturated carbocycles. The predicted octanol–water partition coefficient (Wildman–Crippen LogP) is 4.47. The van der Waals surface area contributed by atoms with E-state index in [2.05, 4.69) is 4.98 Å². The summed E-state index contributed by atoms with van der Waals surface area (Å²) >= 11 is 3.24. The first-order valence-corrected chi connectivity index (χ1v) is 9.27. The summed E-state index contributed by atoms with van der Waals surface area (Å²) in [7, 11) is -1.02. The number of hydrogen-bond acceptors (Lipinski definition) is 5. The van der Waals surface area contributed by atoms with Crippen molar-refractivity contribution < 1.29 is 8.63 Å². The molecule has 3 nitrogen and oxygen atoms in total. The number of aromatic nitrogens is 1. The molecule has 0 radical (unpaired) electrons. The van der Waals surface area contributed by atoms with Crippen molar-refractivity contribution in [3.05, 3.63) is 52.0 Å². The highest BCUT2D eigenvalue weighted by molar-refractivity contribution is 7.84. The summed E-state index contributed by atoms with van der Waals surface area (Å²) < 4.78 is 18.0. The van der Waals surface area contributed by atoms with Gasteiger partial charge >= 0.3 is 0 Å². The fourth-order valence-corrected chi connectivity index (χ4v) is 4.60. The van der Waals surface area contributed by atoms with Gasteiger partial charge in [-0.15, -0.1) is 22.7 Å². The standard InChI is InChI=1S/C14H13NO2S3/c1-10(12-4-2-6-18-12)20(16)9-14-15-8-11(17-14)13-5-3-7-19-13/h2-8,10H,9H2,1H3. The highest BCUT2D eigenvalue weighted by Crippen LogP contribution is 2.28. The Labute approximate surface area is 127 Å². The number of thiophene rings is 2. The molecule has 3 aromatic heterocycles. The Hall–Kier alpha value is -1.24. The van der Waals surface area contributed by atoms with Crippen LogP contribution in [0.1, 0.15) is 22.9 Å². The summed E-state index contributed by atoms with van der Waals surface area (Å²) in [5.41, 5.74) is 0. The first-order chi connectivity index (χ1) is 9.74. The lowest BCUT2D eigenvalue weighted by molar-refractivity contribution is 0.527. The molecule has 6 heteroatoms. The highest BCUT2D eigenvalue weighted by Gasteiger charge is 2.17. The molecule has 2 unspecified atom stereocenters. The van der Waals surface area contributed by atoms with Gasteiger partial charge in [0.2, 0.25) is 5.89 Å². The minimum absolute atomic E-state index is 0.00656. The summed E-state index contributed by atoms with van der Waals surface area (Å²) in [5.74, 6) is 1.63. The van der Waals surface area contributed by atoms with Crippen LogP contribution in [0.5, 0.6) is 0 Å². The van der Waals surface area contributed by atoms with Gasteiger partial charge in [-0.1, -0.05) is 12.1 Å². The molecule has 20 heavy (non-hydrogen) atoms. The van der Waals surface area contributed by atoms with E-state index in [1.54, 1.807) is 28.9 Å². The average molecular weight is 323 g/mol. The Morgan fingerprint density at radius 1 is 1.30 bits per heavy atom. The van der Waals surface area contributed by atoms with Crippen molar-refractivity contribution in [1.82, 2.24) is 4.98 Å². The van der Waals surface area contributed by atoms with Crippen molar-refractivity contribution in [2.24, 2.45) is 0 Å². The molecule has 104 valence electrons. The third-order valence-electron chi connectivity index (χ3n) is 2.92. The van der Waals surface area contributed by atoms with Crippen molar-refractivity contribution in [3.8, 4) is 10.6 Å². The summed E-state index contributed by atoms with van der Waals surface area (Å²) in [6, 6.07) is 7.95. The Bertz CT molecular complexity index is 686. The average Bonchev–Trinajstić information content (AvgIpc) is 3.19. The van der Waals surface area contributed by atoms with Gasteiger partial charge in [0.25, 0.3) is 0 Å². The van der Waals surface area contributed by atoms with E-state index in [1.807, 2.05) is 41.9 Å². The van der Waals surface area contributed by atoms with Crippen molar-refractivity contribution in [3.63, 3.8) is 0 Å². The van der Waals surface area contributed by atoms with Gasteiger partial charge in [-0.25, -0.2) is 4.98 Å². The van der Waals surface area contributed by atoms with Gasteiger partial charge in [0.15, 0.2) is 5.76 Å². The van der Waals surface area contributed by atoms with Crippen molar-refractivity contribution >= 4 is 33.5 Å². The van der Waals surface area contributed by atoms with Crippen LogP contribution in [0.4, 0.5) is 0 Å². The van der Waals surface area contributed by atoms with Crippen LogP contribution in [0.3, 0.4) is 0 Å². The third-order valence-corrected chi connectivity index (χ3v) is 6.58. The molecule has 0 aliphatic carbocycles. The number of nitrogens with zero attached hydrogens (tertiary/aromatic N) is 1. The zero-order valence-corrected chi connectivity index (χ0v) is 13.3. The van der Waals surface area contributed by atoms with E-state index >= 15 is 0 Å². The number of rotatable bonds is 5. The maximum Gasteiger partial charge on any atom is 0.207 e. The minimum Gasteiger partial charge on any atom is -0.439 e. The topological polar surface area (TPSA) is 43.1 Å². The second-order valence-corrected chi connectivity index (χ2v) is 7.96. The molecule has 0 amide bonds. The summed E-state index contributed by atoms with van der Waals surface area (Å²) in [6.45, 7) is 1.98. The third kappa shape index (κ3) is 2.92. The van der Waals surface area contributed by atoms with E-state index in [-0.39, 0.29) is 5.25 Å². The smallest absolute Gasteiger partial charge is 0.207 e. The molecule has 0 N–H and O–H groups in total. The first kappa shape index (κ1) is 13.7. The Kier molecular flexibility index (Phi) is 4.14. The Morgan fingerprint density at radius 2 is 2.10 bits per heavy atom.